The number of carbonyl (C=O) groups is 1. The van der Waals surface area contributed by atoms with E-state index in [9.17, 15) is 9.59 Å². The Morgan fingerprint density at radius 2 is 1.97 bits per heavy atom. The number of benzene rings is 2. The molecular weight excluding hydrogens is 398 g/mol. The molecule has 0 saturated carbocycles. The van der Waals surface area contributed by atoms with E-state index in [1.807, 2.05) is 37.3 Å². The van der Waals surface area contributed by atoms with Crippen molar-refractivity contribution in [3.05, 3.63) is 64.1 Å². The van der Waals surface area contributed by atoms with E-state index in [4.69, 9.17) is 13.9 Å². The van der Waals surface area contributed by atoms with Crippen LogP contribution in [-0.2, 0) is 17.8 Å². The summed E-state index contributed by atoms with van der Waals surface area (Å²) in [4.78, 5) is 24.9. The number of aryl methyl sites for hydroxylation is 1. The van der Waals surface area contributed by atoms with Gasteiger partial charge in [-0.15, -0.1) is 0 Å². The van der Waals surface area contributed by atoms with Crippen molar-refractivity contribution in [2.24, 2.45) is 0 Å². The van der Waals surface area contributed by atoms with Gasteiger partial charge in [-0.3, -0.25) is 9.48 Å². The lowest BCUT2D eigenvalue weighted by atomic mass is 10.1. The number of hydrogen-bond donors (Lipinski definition) is 1. The maximum absolute atomic E-state index is 12.6. The number of rotatable bonds is 7. The van der Waals surface area contributed by atoms with Gasteiger partial charge in [0.05, 0.1) is 25.9 Å². The van der Waals surface area contributed by atoms with Crippen LogP contribution in [0.5, 0.6) is 11.5 Å². The Bertz CT molecular complexity index is 1320. The van der Waals surface area contributed by atoms with Crippen LogP contribution in [0.2, 0.25) is 0 Å². The van der Waals surface area contributed by atoms with Crippen molar-refractivity contribution in [3.8, 4) is 11.5 Å². The highest BCUT2D eigenvalue weighted by molar-refractivity contribution is 6.02. The van der Waals surface area contributed by atoms with Crippen LogP contribution in [0.4, 0.5) is 0 Å². The predicted molar refractivity (Wildman–Crippen MR) is 117 cm³/mol. The lowest BCUT2D eigenvalue weighted by molar-refractivity contribution is -0.121. The Morgan fingerprint density at radius 3 is 2.74 bits per heavy atom. The molecule has 2 heterocycles. The van der Waals surface area contributed by atoms with Crippen molar-refractivity contribution in [2.45, 2.75) is 19.9 Å². The number of nitrogens with one attached hydrogen (secondary N) is 1. The maximum Gasteiger partial charge on any atom is 0.347 e. The van der Waals surface area contributed by atoms with Gasteiger partial charge in [0.1, 0.15) is 29.0 Å². The standard InChI is InChI=1S/C23H23N3O5/c1-14-4-6-20-17(10-14)22-18(23(28)31-20)12-25-26(22)13-21(27)24-9-8-15-11-16(29-2)5-7-19(15)30-3/h4-7,10-12H,8-9,13H2,1-3H3,(H,24,27). The van der Waals surface area contributed by atoms with E-state index >= 15 is 0 Å². The molecule has 0 unspecified atom stereocenters. The van der Waals surface area contributed by atoms with Gasteiger partial charge in [-0.1, -0.05) is 11.6 Å². The second-order valence-electron chi connectivity index (χ2n) is 7.23. The minimum absolute atomic E-state index is 0.00869. The van der Waals surface area contributed by atoms with E-state index in [2.05, 4.69) is 10.4 Å². The predicted octanol–water partition coefficient (Wildman–Crippen LogP) is 2.83. The van der Waals surface area contributed by atoms with Crippen molar-refractivity contribution in [1.29, 1.82) is 0 Å². The molecular formula is C23H23N3O5. The van der Waals surface area contributed by atoms with Crippen LogP contribution in [0.3, 0.4) is 0 Å². The molecule has 0 aliphatic carbocycles. The van der Waals surface area contributed by atoms with Gasteiger partial charge in [0.15, 0.2) is 0 Å². The number of amides is 1. The Balaban J connectivity index is 1.51. The van der Waals surface area contributed by atoms with E-state index in [1.165, 1.54) is 10.9 Å². The van der Waals surface area contributed by atoms with E-state index in [-0.39, 0.29) is 12.5 Å². The van der Waals surface area contributed by atoms with Gasteiger partial charge in [-0.05, 0) is 49.2 Å². The first-order valence-electron chi connectivity index (χ1n) is 9.86. The number of carbonyl (C=O) groups excluding carboxylic acids is 1. The van der Waals surface area contributed by atoms with Crippen LogP contribution in [0, 0.1) is 6.92 Å². The van der Waals surface area contributed by atoms with Gasteiger partial charge in [0.25, 0.3) is 0 Å². The van der Waals surface area contributed by atoms with Gasteiger partial charge in [0, 0.05) is 11.9 Å². The highest BCUT2D eigenvalue weighted by atomic mass is 16.5. The summed E-state index contributed by atoms with van der Waals surface area (Å²) >= 11 is 0. The summed E-state index contributed by atoms with van der Waals surface area (Å²) in [7, 11) is 3.21. The third-order valence-corrected chi connectivity index (χ3v) is 5.15. The second-order valence-corrected chi connectivity index (χ2v) is 7.23. The van der Waals surface area contributed by atoms with Crippen LogP contribution in [0.1, 0.15) is 11.1 Å². The zero-order chi connectivity index (χ0) is 22.0. The zero-order valence-electron chi connectivity index (χ0n) is 17.6. The minimum Gasteiger partial charge on any atom is -0.497 e. The fourth-order valence-electron chi connectivity index (χ4n) is 3.62. The largest absolute Gasteiger partial charge is 0.497 e. The van der Waals surface area contributed by atoms with E-state index in [1.54, 1.807) is 20.3 Å². The van der Waals surface area contributed by atoms with Gasteiger partial charge in [0.2, 0.25) is 5.91 Å². The molecule has 0 fully saturated rings. The molecule has 0 bridgehead atoms. The third-order valence-electron chi connectivity index (χ3n) is 5.15. The first-order chi connectivity index (χ1) is 15.0. The molecule has 1 amide bonds. The molecule has 4 aromatic rings. The fourth-order valence-corrected chi connectivity index (χ4v) is 3.62. The molecule has 2 aromatic carbocycles. The van der Waals surface area contributed by atoms with Crippen molar-refractivity contribution < 1.29 is 18.7 Å². The van der Waals surface area contributed by atoms with Crippen LogP contribution in [0.15, 0.2) is 51.8 Å². The smallest absolute Gasteiger partial charge is 0.347 e. The molecule has 0 aliphatic rings. The maximum atomic E-state index is 12.6. The highest BCUT2D eigenvalue weighted by Crippen LogP contribution is 2.25. The van der Waals surface area contributed by atoms with Crippen molar-refractivity contribution in [3.63, 3.8) is 0 Å². The number of nitrogens with zero attached hydrogens (tertiary/aromatic N) is 2. The summed E-state index contributed by atoms with van der Waals surface area (Å²) in [6.45, 7) is 2.37. The summed E-state index contributed by atoms with van der Waals surface area (Å²) in [6, 6.07) is 11.1. The average molecular weight is 421 g/mol. The molecule has 0 radical (unpaired) electrons. The molecule has 160 valence electrons. The van der Waals surface area contributed by atoms with Gasteiger partial charge < -0.3 is 19.2 Å². The van der Waals surface area contributed by atoms with Crippen LogP contribution < -0.4 is 20.4 Å². The van der Waals surface area contributed by atoms with Crippen LogP contribution in [-0.4, -0.2) is 36.5 Å². The summed E-state index contributed by atoms with van der Waals surface area (Å²) in [5.41, 5.74) is 2.55. The molecule has 0 aliphatic heterocycles. The van der Waals surface area contributed by atoms with E-state index in [0.29, 0.717) is 29.5 Å². The summed E-state index contributed by atoms with van der Waals surface area (Å²) in [6.07, 6.45) is 2.02. The highest BCUT2D eigenvalue weighted by Gasteiger charge is 2.15. The summed E-state index contributed by atoms with van der Waals surface area (Å²) in [5, 5.41) is 8.26. The molecule has 1 N–H and O–H groups in total. The SMILES string of the molecule is COc1ccc(OC)c(CCNC(=O)Cn2ncc3c(=O)oc4ccc(C)cc4c32)c1. The minimum atomic E-state index is -0.469. The summed E-state index contributed by atoms with van der Waals surface area (Å²) in [5.74, 6) is 1.26. The number of fused-ring (bicyclic) bond motifs is 3. The van der Waals surface area contributed by atoms with Crippen molar-refractivity contribution >= 4 is 27.8 Å². The number of aromatic nitrogens is 2. The zero-order valence-corrected chi connectivity index (χ0v) is 17.6. The van der Waals surface area contributed by atoms with E-state index in [0.717, 1.165) is 28.0 Å². The molecule has 0 atom stereocenters. The van der Waals surface area contributed by atoms with Crippen molar-refractivity contribution in [2.75, 3.05) is 20.8 Å². The van der Waals surface area contributed by atoms with Gasteiger partial charge in [-0.2, -0.15) is 5.10 Å². The lowest BCUT2D eigenvalue weighted by Crippen LogP contribution is -2.29. The quantitative estimate of drug-likeness (QED) is 0.461. The molecule has 0 saturated heterocycles. The normalized spacial score (nSPS) is 11.1. The molecule has 0 spiro atoms. The van der Waals surface area contributed by atoms with Crippen LogP contribution >= 0.6 is 0 Å². The third kappa shape index (κ3) is 4.09. The Labute approximate surface area is 178 Å². The first-order valence-corrected chi connectivity index (χ1v) is 9.86. The number of methoxy groups -OCH3 is 2. The number of ether oxygens (including phenoxy) is 2. The first kappa shape index (κ1) is 20.5. The van der Waals surface area contributed by atoms with Gasteiger partial charge in [-0.25, -0.2) is 4.79 Å². The van der Waals surface area contributed by atoms with Crippen molar-refractivity contribution in [1.82, 2.24) is 15.1 Å². The van der Waals surface area contributed by atoms with Gasteiger partial charge >= 0.3 is 5.63 Å². The summed E-state index contributed by atoms with van der Waals surface area (Å²) < 4.78 is 17.5. The molecule has 2 aromatic heterocycles. The van der Waals surface area contributed by atoms with E-state index < -0.39 is 5.63 Å². The van der Waals surface area contributed by atoms with Crippen LogP contribution in [0.25, 0.3) is 21.9 Å². The molecule has 31 heavy (non-hydrogen) atoms. The Kier molecular flexibility index (Phi) is 5.62. The topological polar surface area (TPSA) is 95.6 Å². The monoisotopic (exact) mass is 421 g/mol. The average Bonchev–Trinajstić information content (AvgIpc) is 3.18. The molecule has 8 nitrogen and oxygen atoms in total. The second kappa shape index (κ2) is 8.51. The Hall–Kier alpha value is -3.81. The molecule has 4 rings (SSSR count). The Morgan fingerprint density at radius 1 is 1.13 bits per heavy atom. The molecule has 8 heteroatoms. The fraction of sp³-hybridized carbons (Fsp3) is 0.261. The lowest BCUT2D eigenvalue weighted by Gasteiger charge is -2.11. The number of hydrogen-bond acceptors (Lipinski definition) is 6.